The Morgan fingerprint density at radius 2 is 1.95 bits per heavy atom. The Morgan fingerprint density at radius 3 is 2.76 bits per heavy atom. The second-order valence-electron chi connectivity index (χ2n) is 8.27. The monoisotopic (exact) mass is 286 g/mol. The molecule has 0 aromatic carbocycles. The van der Waals surface area contributed by atoms with Crippen LogP contribution in [0.3, 0.4) is 0 Å². The molecule has 3 fully saturated rings. The smallest absolute Gasteiger partial charge is 0.139 e. The Labute approximate surface area is 127 Å². The lowest BCUT2D eigenvalue weighted by atomic mass is 9.47. The third-order valence-electron chi connectivity index (χ3n) is 7.54. The van der Waals surface area contributed by atoms with Crippen molar-refractivity contribution in [2.75, 3.05) is 0 Å². The van der Waals surface area contributed by atoms with E-state index in [2.05, 4.69) is 26.0 Å². The Morgan fingerprint density at radius 1 is 1.14 bits per heavy atom. The topological polar surface area (TPSA) is 37.3 Å². The first-order valence-corrected chi connectivity index (χ1v) is 8.58. The molecule has 2 nitrogen and oxygen atoms in total. The van der Waals surface area contributed by atoms with Crippen molar-refractivity contribution in [1.82, 2.24) is 0 Å². The first-order chi connectivity index (χ1) is 9.95. The Balaban J connectivity index is 1.69. The fourth-order valence-electron chi connectivity index (χ4n) is 6.23. The van der Waals surface area contributed by atoms with Crippen molar-refractivity contribution in [3.05, 3.63) is 24.0 Å². The predicted octanol–water partition coefficient (Wildman–Crippen LogP) is 4.43. The highest BCUT2D eigenvalue weighted by Gasteiger charge is 2.59. The van der Waals surface area contributed by atoms with Gasteiger partial charge in [-0.2, -0.15) is 0 Å². The van der Waals surface area contributed by atoms with Gasteiger partial charge in [-0.25, -0.2) is 0 Å². The molecule has 0 aromatic heterocycles. The molecular formula is C19H26O2. The number of carbonyl (C=O) groups is 1. The summed E-state index contributed by atoms with van der Waals surface area (Å²) in [6.07, 6.45) is 12.8. The van der Waals surface area contributed by atoms with Crippen molar-refractivity contribution in [1.29, 1.82) is 0 Å². The average molecular weight is 286 g/mol. The summed E-state index contributed by atoms with van der Waals surface area (Å²) < 4.78 is 0. The Kier molecular flexibility index (Phi) is 2.75. The minimum Gasteiger partial charge on any atom is -0.508 e. The van der Waals surface area contributed by atoms with E-state index in [4.69, 9.17) is 0 Å². The first kappa shape index (κ1) is 13.6. The highest BCUT2D eigenvalue weighted by atomic mass is 16.3. The van der Waals surface area contributed by atoms with Gasteiger partial charge in [0.05, 0.1) is 0 Å². The van der Waals surface area contributed by atoms with Crippen LogP contribution in [-0.2, 0) is 4.79 Å². The van der Waals surface area contributed by atoms with Gasteiger partial charge in [0.2, 0.25) is 0 Å². The van der Waals surface area contributed by atoms with Crippen molar-refractivity contribution in [3.8, 4) is 0 Å². The normalized spacial score (nSPS) is 51.9. The van der Waals surface area contributed by atoms with Gasteiger partial charge < -0.3 is 5.11 Å². The molecule has 114 valence electrons. The fourth-order valence-corrected chi connectivity index (χ4v) is 6.23. The SMILES string of the molecule is C[C@]12C=CC(O)=C[C@H]1CC[C@@H]1[C@@H]2CC[C@]2(C)C(=O)CC[C@@H]12. The van der Waals surface area contributed by atoms with Crippen LogP contribution < -0.4 is 0 Å². The lowest BCUT2D eigenvalue weighted by molar-refractivity contribution is -0.133. The summed E-state index contributed by atoms with van der Waals surface area (Å²) in [7, 11) is 0. The van der Waals surface area contributed by atoms with E-state index in [1.807, 2.05) is 6.08 Å². The molecule has 0 amide bonds. The van der Waals surface area contributed by atoms with Gasteiger partial charge in [0, 0.05) is 11.8 Å². The van der Waals surface area contributed by atoms with E-state index in [0.29, 0.717) is 35.2 Å². The molecule has 4 rings (SSSR count). The van der Waals surface area contributed by atoms with Gasteiger partial charge in [-0.05, 0) is 73.3 Å². The maximum atomic E-state index is 12.4. The van der Waals surface area contributed by atoms with E-state index < -0.39 is 0 Å². The second-order valence-corrected chi connectivity index (χ2v) is 8.27. The summed E-state index contributed by atoms with van der Waals surface area (Å²) >= 11 is 0. The summed E-state index contributed by atoms with van der Waals surface area (Å²) in [5.41, 5.74) is 0.156. The minimum atomic E-state index is -0.0271. The number of carbonyl (C=O) groups excluding carboxylic acids is 1. The van der Waals surface area contributed by atoms with E-state index in [1.165, 1.54) is 12.8 Å². The van der Waals surface area contributed by atoms with Crippen LogP contribution in [0.25, 0.3) is 0 Å². The van der Waals surface area contributed by atoms with Crippen LogP contribution in [-0.4, -0.2) is 10.9 Å². The largest absolute Gasteiger partial charge is 0.508 e. The standard InChI is InChI=1S/C19H26O2/c1-18-9-7-13(20)11-12(18)3-4-14-15-5-6-17(21)19(15,2)10-8-16(14)18/h7,9,11-12,14-16,20H,3-6,8,10H2,1-2H3/t12-,14+,15+,16+,18+,19+/m1/s1. The van der Waals surface area contributed by atoms with Crippen molar-refractivity contribution >= 4 is 5.78 Å². The van der Waals surface area contributed by atoms with E-state index >= 15 is 0 Å². The van der Waals surface area contributed by atoms with Gasteiger partial charge in [0.1, 0.15) is 11.5 Å². The van der Waals surface area contributed by atoms with Crippen LogP contribution in [0, 0.1) is 34.5 Å². The molecule has 0 aromatic rings. The number of fused-ring (bicyclic) bond motifs is 5. The summed E-state index contributed by atoms with van der Waals surface area (Å²) in [5.74, 6) is 3.43. The molecule has 0 radical (unpaired) electrons. The zero-order chi connectivity index (χ0) is 14.8. The molecule has 0 aliphatic heterocycles. The van der Waals surface area contributed by atoms with Gasteiger partial charge >= 0.3 is 0 Å². The fraction of sp³-hybridized carbons (Fsp3) is 0.737. The summed E-state index contributed by atoms with van der Waals surface area (Å²) in [6, 6.07) is 0. The average Bonchev–Trinajstić information content (AvgIpc) is 2.76. The summed E-state index contributed by atoms with van der Waals surface area (Å²) in [6.45, 7) is 4.62. The van der Waals surface area contributed by atoms with Crippen LogP contribution in [0.4, 0.5) is 0 Å². The number of ketones is 1. The molecule has 0 heterocycles. The van der Waals surface area contributed by atoms with E-state index in [9.17, 15) is 9.90 Å². The molecule has 4 aliphatic rings. The number of allylic oxidation sites excluding steroid dienone is 3. The zero-order valence-corrected chi connectivity index (χ0v) is 13.1. The van der Waals surface area contributed by atoms with Crippen LogP contribution in [0.5, 0.6) is 0 Å². The third-order valence-corrected chi connectivity index (χ3v) is 7.54. The lowest BCUT2D eigenvalue weighted by Crippen LogP contribution is -2.51. The van der Waals surface area contributed by atoms with Gasteiger partial charge in [-0.15, -0.1) is 0 Å². The Hall–Kier alpha value is -1.05. The zero-order valence-electron chi connectivity index (χ0n) is 13.1. The van der Waals surface area contributed by atoms with Gasteiger partial charge in [-0.1, -0.05) is 19.9 Å². The minimum absolute atomic E-state index is 0.0271. The molecule has 0 unspecified atom stereocenters. The number of hydrogen-bond donors (Lipinski definition) is 1. The summed E-state index contributed by atoms with van der Waals surface area (Å²) in [4.78, 5) is 12.4. The molecule has 2 heteroatoms. The number of hydrogen-bond acceptors (Lipinski definition) is 2. The highest BCUT2D eigenvalue weighted by molar-refractivity contribution is 5.87. The molecule has 21 heavy (non-hydrogen) atoms. The van der Waals surface area contributed by atoms with Crippen LogP contribution >= 0.6 is 0 Å². The Bertz CT molecular complexity index is 546. The van der Waals surface area contributed by atoms with Crippen LogP contribution in [0.1, 0.15) is 52.4 Å². The lowest BCUT2D eigenvalue weighted by Gasteiger charge is -2.57. The third kappa shape index (κ3) is 1.68. The van der Waals surface area contributed by atoms with Crippen molar-refractivity contribution in [3.63, 3.8) is 0 Å². The molecule has 0 spiro atoms. The predicted molar refractivity (Wildman–Crippen MR) is 82.7 cm³/mol. The molecule has 1 N–H and O–H groups in total. The number of aliphatic hydroxyl groups is 1. The quantitative estimate of drug-likeness (QED) is 0.715. The first-order valence-electron chi connectivity index (χ1n) is 8.58. The van der Waals surface area contributed by atoms with Crippen LogP contribution in [0.2, 0.25) is 0 Å². The number of rotatable bonds is 0. The molecule has 3 saturated carbocycles. The van der Waals surface area contributed by atoms with E-state index in [1.54, 1.807) is 0 Å². The highest BCUT2D eigenvalue weighted by Crippen LogP contribution is 2.63. The number of aliphatic hydroxyl groups excluding tert-OH is 1. The van der Waals surface area contributed by atoms with E-state index in [-0.39, 0.29) is 10.8 Å². The van der Waals surface area contributed by atoms with Gasteiger partial charge in [0.15, 0.2) is 0 Å². The number of Topliss-reactive ketones (excluding diaryl/α,β-unsaturated/α-hetero) is 1. The van der Waals surface area contributed by atoms with Crippen LogP contribution in [0.15, 0.2) is 24.0 Å². The molecular weight excluding hydrogens is 260 g/mol. The summed E-state index contributed by atoms with van der Waals surface area (Å²) in [5, 5.41) is 9.81. The molecule has 4 aliphatic carbocycles. The van der Waals surface area contributed by atoms with E-state index in [0.717, 1.165) is 25.7 Å². The van der Waals surface area contributed by atoms with Crippen molar-refractivity contribution in [2.45, 2.75) is 52.4 Å². The van der Waals surface area contributed by atoms with Gasteiger partial charge in [0.25, 0.3) is 0 Å². The van der Waals surface area contributed by atoms with Gasteiger partial charge in [-0.3, -0.25) is 4.79 Å². The van der Waals surface area contributed by atoms with Crippen molar-refractivity contribution in [2.24, 2.45) is 34.5 Å². The maximum Gasteiger partial charge on any atom is 0.139 e. The second kappa shape index (κ2) is 4.24. The molecule has 0 saturated heterocycles. The maximum absolute atomic E-state index is 12.4. The molecule has 6 atom stereocenters. The molecule has 0 bridgehead atoms. The van der Waals surface area contributed by atoms with Crippen molar-refractivity contribution < 1.29 is 9.90 Å².